The molecule has 13 heavy (non-hydrogen) atoms. The molecule has 0 aromatic heterocycles. The first kappa shape index (κ1) is 7.44. The van der Waals surface area contributed by atoms with E-state index in [1.807, 2.05) is 0 Å². The maximum absolute atomic E-state index is 13.8. The molecule has 0 spiro atoms. The van der Waals surface area contributed by atoms with Gasteiger partial charge in [-0.15, -0.1) is 0 Å². The van der Waals surface area contributed by atoms with Crippen LogP contribution in [0, 0.1) is 11.8 Å². The predicted octanol–water partition coefficient (Wildman–Crippen LogP) is -0.536. The number of ether oxygens (including phenoxy) is 2. The first-order valence-electron chi connectivity index (χ1n) is 4.09. The molecule has 0 bridgehead atoms. The second-order valence-electron chi connectivity index (χ2n) is 3.69. The number of ketones is 1. The van der Waals surface area contributed by atoms with E-state index in [0.717, 1.165) is 7.11 Å². The van der Waals surface area contributed by atoms with Crippen LogP contribution in [0.25, 0.3) is 0 Å². The molecule has 0 radical (unpaired) electrons. The fourth-order valence-electron chi connectivity index (χ4n) is 2.42. The van der Waals surface area contributed by atoms with Crippen molar-refractivity contribution in [3.8, 4) is 0 Å². The van der Waals surface area contributed by atoms with E-state index in [2.05, 4.69) is 4.74 Å². The van der Waals surface area contributed by atoms with Gasteiger partial charge in [0.15, 0.2) is 5.78 Å². The van der Waals surface area contributed by atoms with E-state index in [1.165, 1.54) is 0 Å². The Morgan fingerprint density at radius 1 is 1.69 bits per heavy atom. The van der Waals surface area contributed by atoms with Crippen LogP contribution in [0.5, 0.6) is 0 Å². The molecule has 0 amide bonds. The van der Waals surface area contributed by atoms with E-state index in [0.29, 0.717) is 0 Å². The molecule has 0 aromatic carbocycles. The van der Waals surface area contributed by atoms with Crippen LogP contribution in [0.15, 0.2) is 0 Å². The van der Waals surface area contributed by atoms with Gasteiger partial charge in [0.25, 0.3) is 0 Å². The molecular weight excluding hydrogens is 179 g/mol. The summed E-state index contributed by atoms with van der Waals surface area (Å²) in [5.74, 6) is -2.58. The number of halogens is 1. The molecule has 5 atom stereocenters. The van der Waals surface area contributed by atoms with E-state index in [9.17, 15) is 14.0 Å². The summed E-state index contributed by atoms with van der Waals surface area (Å²) in [7, 11) is 1.12. The van der Waals surface area contributed by atoms with Crippen molar-refractivity contribution < 1.29 is 23.5 Å². The molecule has 3 rings (SSSR count). The third-order valence-corrected chi connectivity index (χ3v) is 3.15. The van der Waals surface area contributed by atoms with Crippen LogP contribution in [0.1, 0.15) is 0 Å². The lowest BCUT2D eigenvalue weighted by Crippen LogP contribution is -2.29. The second-order valence-corrected chi connectivity index (χ2v) is 3.69. The fraction of sp³-hybridized carbons (Fsp3) is 0.750. The van der Waals surface area contributed by atoms with Crippen molar-refractivity contribution in [1.82, 2.24) is 0 Å². The van der Waals surface area contributed by atoms with Gasteiger partial charge in [0, 0.05) is 5.92 Å². The molecule has 4 nitrogen and oxygen atoms in total. The largest absolute Gasteiger partial charge is 0.467 e. The van der Waals surface area contributed by atoms with Crippen molar-refractivity contribution in [3.63, 3.8) is 0 Å². The number of carbonyl (C=O) groups excluding carboxylic acids is 2. The highest BCUT2D eigenvalue weighted by atomic mass is 19.1. The van der Waals surface area contributed by atoms with Crippen LogP contribution < -0.4 is 0 Å². The van der Waals surface area contributed by atoms with E-state index in [-0.39, 0.29) is 11.9 Å². The zero-order valence-electron chi connectivity index (χ0n) is 6.82. The Balaban J connectivity index is 1.91. The molecule has 5 heteroatoms. The highest BCUT2D eigenvalue weighted by Gasteiger charge is 2.88. The minimum absolute atomic E-state index is 0.275. The maximum atomic E-state index is 13.8. The van der Waals surface area contributed by atoms with Crippen molar-refractivity contribution in [1.29, 1.82) is 0 Å². The number of alkyl halides is 1. The van der Waals surface area contributed by atoms with Crippen molar-refractivity contribution in [2.24, 2.45) is 11.8 Å². The highest BCUT2D eigenvalue weighted by molar-refractivity contribution is 6.04. The average Bonchev–Trinajstić information content (AvgIpc) is 2.95. The van der Waals surface area contributed by atoms with Crippen LogP contribution >= 0.6 is 0 Å². The van der Waals surface area contributed by atoms with Gasteiger partial charge in [-0.2, -0.15) is 0 Å². The third kappa shape index (κ3) is 0.590. The summed E-state index contributed by atoms with van der Waals surface area (Å²) in [6, 6.07) is 0. The van der Waals surface area contributed by atoms with E-state index in [1.54, 1.807) is 0 Å². The van der Waals surface area contributed by atoms with Gasteiger partial charge >= 0.3 is 5.97 Å². The summed E-state index contributed by atoms with van der Waals surface area (Å²) < 4.78 is 23.0. The molecule has 1 saturated heterocycles. The Morgan fingerprint density at radius 2 is 2.38 bits per heavy atom. The zero-order valence-corrected chi connectivity index (χ0v) is 6.82. The molecule has 2 aliphatic carbocycles. The lowest BCUT2D eigenvalue weighted by molar-refractivity contribution is -0.151. The third-order valence-electron chi connectivity index (χ3n) is 3.15. The number of rotatable bonds is 1. The number of Topliss-reactive ketones (excluding diaryl/α,β-unsaturated/α-hetero) is 1. The molecule has 0 N–H and O–H groups in total. The number of esters is 1. The quantitative estimate of drug-likeness (QED) is 0.408. The number of hydrogen-bond donors (Lipinski definition) is 0. The summed E-state index contributed by atoms with van der Waals surface area (Å²) in [6.45, 7) is 0. The highest BCUT2D eigenvalue weighted by Crippen LogP contribution is 2.68. The monoisotopic (exact) mass is 186 g/mol. The Hall–Kier alpha value is -0.970. The summed E-state index contributed by atoms with van der Waals surface area (Å²) in [5.41, 5.74) is -2.08. The molecule has 1 aliphatic heterocycles. The Bertz CT molecular complexity index is 328. The topological polar surface area (TPSA) is 55.9 Å². The van der Waals surface area contributed by atoms with Crippen molar-refractivity contribution >= 4 is 11.8 Å². The van der Waals surface area contributed by atoms with Gasteiger partial charge in [-0.05, 0) is 0 Å². The van der Waals surface area contributed by atoms with E-state index >= 15 is 0 Å². The minimum Gasteiger partial charge on any atom is -0.467 e. The molecule has 1 heterocycles. The van der Waals surface area contributed by atoms with Crippen LogP contribution in [-0.4, -0.2) is 36.7 Å². The number of epoxide rings is 1. The first-order valence-corrected chi connectivity index (χ1v) is 4.09. The molecule has 3 fully saturated rings. The summed E-state index contributed by atoms with van der Waals surface area (Å²) >= 11 is 0. The molecular formula is C8H7FO4. The van der Waals surface area contributed by atoms with Gasteiger partial charge in [0.1, 0.15) is 6.10 Å². The van der Waals surface area contributed by atoms with Crippen molar-refractivity contribution in [3.05, 3.63) is 0 Å². The van der Waals surface area contributed by atoms with Crippen LogP contribution in [-0.2, 0) is 19.1 Å². The minimum atomic E-state index is -2.08. The molecule has 0 aromatic rings. The average molecular weight is 186 g/mol. The standard InChI is InChI=1S/C8H7FO4/c1-12-7(11)8(9)2-3(8)5-6(13-5)4(2)10/h2-3,5-6H,1H3. The predicted molar refractivity (Wildman–Crippen MR) is 36.5 cm³/mol. The summed E-state index contributed by atoms with van der Waals surface area (Å²) in [4.78, 5) is 22.3. The lowest BCUT2D eigenvalue weighted by Gasteiger charge is -2.05. The summed E-state index contributed by atoms with van der Waals surface area (Å²) in [6.07, 6.45) is -0.787. The first-order chi connectivity index (χ1) is 6.12. The van der Waals surface area contributed by atoms with Gasteiger partial charge in [-0.1, -0.05) is 0 Å². The van der Waals surface area contributed by atoms with Gasteiger partial charge < -0.3 is 9.47 Å². The van der Waals surface area contributed by atoms with E-state index in [4.69, 9.17) is 4.74 Å². The zero-order chi connectivity index (χ0) is 9.38. The maximum Gasteiger partial charge on any atom is 0.344 e. The Labute approximate surface area is 73.0 Å². The fourth-order valence-corrected chi connectivity index (χ4v) is 2.42. The molecule has 2 saturated carbocycles. The summed E-state index contributed by atoms with van der Waals surface area (Å²) in [5, 5.41) is 0. The number of fused-ring (bicyclic) bond motifs is 3. The van der Waals surface area contributed by atoms with Crippen LogP contribution in [0.4, 0.5) is 4.39 Å². The number of hydrogen-bond acceptors (Lipinski definition) is 4. The SMILES string of the molecule is COC(=O)C1(F)C2C(=O)C3OC3C21. The van der Waals surface area contributed by atoms with Crippen LogP contribution in [0.3, 0.4) is 0 Å². The van der Waals surface area contributed by atoms with Gasteiger partial charge in [-0.25, -0.2) is 9.18 Å². The normalized spacial score (nSPS) is 55.4. The Kier molecular flexibility index (Phi) is 1.01. The number of methoxy groups -OCH3 is 1. The lowest BCUT2D eigenvalue weighted by atomic mass is 10.1. The molecule has 5 unspecified atom stereocenters. The number of carbonyl (C=O) groups is 2. The Morgan fingerprint density at radius 3 is 2.85 bits per heavy atom. The van der Waals surface area contributed by atoms with Crippen molar-refractivity contribution in [2.75, 3.05) is 7.11 Å². The van der Waals surface area contributed by atoms with E-state index < -0.39 is 29.6 Å². The van der Waals surface area contributed by atoms with Gasteiger partial charge in [0.05, 0.1) is 19.1 Å². The second kappa shape index (κ2) is 1.77. The molecule has 3 aliphatic rings. The van der Waals surface area contributed by atoms with Gasteiger partial charge in [0.2, 0.25) is 5.67 Å². The molecule has 70 valence electrons. The smallest absolute Gasteiger partial charge is 0.344 e. The van der Waals surface area contributed by atoms with Crippen LogP contribution in [0.2, 0.25) is 0 Å². The van der Waals surface area contributed by atoms with Gasteiger partial charge in [-0.3, -0.25) is 4.79 Å². The van der Waals surface area contributed by atoms with Crippen molar-refractivity contribution in [2.45, 2.75) is 17.9 Å².